The number of benzene rings is 1. The van der Waals surface area contributed by atoms with Gasteiger partial charge in [-0.15, -0.1) is 11.3 Å². The lowest BCUT2D eigenvalue weighted by Crippen LogP contribution is -2.22. The Balaban J connectivity index is 1.99. The zero-order chi connectivity index (χ0) is 13.3. The molecular weight excluding hydrogens is 258 g/mol. The smallest absolute Gasteiger partial charge is 0.138 e. The van der Waals surface area contributed by atoms with Crippen molar-refractivity contribution in [2.75, 3.05) is 0 Å². The van der Waals surface area contributed by atoms with E-state index in [9.17, 15) is 5.11 Å². The van der Waals surface area contributed by atoms with Crippen LogP contribution in [0.2, 0.25) is 0 Å². The fourth-order valence-electron chi connectivity index (χ4n) is 1.93. The van der Waals surface area contributed by atoms with Gasteiger partial charge in [0.25, 0.3) is 0 Å². The molecule has 0 amide bonds. The van der Waals surface area contributed by atoms with Crippen LogP contribution in [-0.2, 0) is 5.60 Å². The molecule has 0 aliphatic rings. The van der Waals surface area contributed by atoms with Gasteiger partial charge < -0.3 is 9.52 Å². The standard InChI is InChI=1S/C15H13NO2S/c1-15(17,12-5-3-2-4-6-12)14-16-13(10-19-14)11-7-8-18-9-11/h2-10,17H,1H3. The molecule has 0 saturated heterocycles. The lowest BCUT2D eigenvalue weighted by atomic mass is 9.97. The Morgan fingerprint density at radius 2 is 2.00 bits per heavy atom. The van der Waals surface area contributed by atoms with Crippen LogP contribution >= 0.6 is 11.3 Å². The number of furan rings is 1. The summed E-state index contributed by atoms with van der Waals surface area (Å²) in [5.41, 5.74) is 1.51. The third kappa shape index (κ3) is 2.20. The van der Waals surface area contributed by atoms with E-state index < -0.39 is 5.60 Å². The second kappa shape index (κ2) is 4.64. The Morgan fingerprint density at radius 3 is 2.68 bits per heavy atom. The molecule has 3 rings (SSSR count). The summed E-state index contributed by atoms with van der Waals surface area (Å²) in [6.45, 7) is 1.76. The largest absolute Gasteiger partial charge is 0.472 e. The van der Waals surface area contributed by atoms with Gasteiger partial charge in [0.15, 0.2) is 0 Å². The van der Waals surface area contributed by atoms with Gasteiger partial charge in [-0.25, -0.2) is 4.98 Å². The number of hydrogen-bond donors (Lipinski definition) is 1. The van der Waals surface area contributed by atoms with E-state index in [0.29, 0.717) is 5.01 Å². The summed E-state index contributed by atoms with van der Waals surface area (Å²) in [6, 6.07) is 11.4. The normalized spacial score (nSPS) is 14.2. The molecule has 0 fully saturated rings. The zero-order valence-corrected chi connectivity index (χ0v) is 11.2. The van der Waals surface area contributed by atoms with Crippen LogP contribution in [0.4, 0.5) is 0 Å². The lowest BCUT2D eigenvalue weighted by Gasteiger charge is -2.20. The third-order valence-corrected chi connectivity index (χ3v) is 4.13. The zero-order valence-electron chi connectivity index (χ0n) is 10.4. The van der Waals surface area contributed by atoms with Gasteiger partial charge in [0.2, 0.25) is 0 Å². The SMILES string of the molecule is CC(O)(c1ccccc1)c1nc(-c2ccoc2)cs1. The Labute approximate surface area is 115 Å². The molecule has 1 atom stereocenters. The van der Waals surface area contributed by atoms with Crippen LogP contribution in [0.3, 0.4) is 0 Å². The van der Waals surface area contributed by atoms with E-state index in [2.05, 4.69) is 4.98 Å². The van der Waals surface area contributed by atoms with Crippen molar-refractivity contribution in [1.29, 1.82) is 0 Å². The Hall–Kier alpha value is -1.91. The lowest BCUT2D eigenvalue weighted by molar-refractivity contribution is 0.102. The highest BCUT2D eigenvalue weighted by molar-refractivity contribution is 7.10. The average Bonchev–Trinajstić information content (AvgIpc) is 3.10. The number of thiazole rings is 1. The Morgan fingerprint density at radius 1 is 1.21 bits per heavy atom. The number of aliphatic hydroxyl groups is 1. The second-order valence-corrected chi connectivity index (χ2v) is 5.35. The first-order valence-corrected chi connectivity index (χ1v) is 6.82. The summed E-state index contributed by atoms with van der Waals surface area (Å²) in [5, 5.41) is 13.3. The summed E-state index contributed by atoms with van der Waals surface area (Å²) < 4.78 is 5.05. The maximum absolute atomic E-state index is 10.7. The highest BCUT2D eigenvalue weighted by Gasteiger charge is 2.29. The van der Waals surface area contributed by atoms with Crippen molar-refractivity contribution in [2.45, 2.75) is 12.5 Å². The van der Waals surface area contributed by atoms with Crippen molar-refractivity contribution in [1.82, 2.24) is 4.98 Å². The molecule has 96 valence electrons. The monoisotopic (exact) mass is 271 g/mol. The van der Waals surface area contributed by atoms with E-state index in [4.69, 9.17) is 4.42 Å². The molecule has 19 heavy (non-hydrogen) atoms. The molecule has 2 aromatic heterocycles. The minimum atomic E-state index is -1.08. The topological polar surface area (TPSA) is 46.3 Å². The molecular formula is C15H13NO2S. The number of hydrogen-bond acceptors (Lipinski definition) is 4. The van der Waals surface area contributed by atoms with E-state index in [-0.39, 0.29) is 0 Å². The third-order valence-electron chi connectivity index (χ3n) is 3.07. The van der Waals surface area contributed by atoms with Crippen LogP contribution in [0, 0.1) is 0 Å². The van der Waals surface area contributed by atoms with Crippen molar-refractivity contribution in [3.8, 4) is 11.3 Å². The molecule has 1 N–H and O–H groups in total. The predicted octanol–water partition coefficient (Wildman–Crippen LogP) is 3.66. The maximum Gasteiger partial charge on any atom is 0.138 e. The van der Waals surface area contributed by atoms with Gasteiger partial charge in [-0.3, -0.25) is 0 Å². The molecule has 0 aliphatic carbocycles. The van der Waals surface area contributed by atoms with Crippen molar-refractivity contribution in [3.05, 3.63) is 64.9 Å². The van der Waals surface area contributed by atoms with Crippen LogP contribution in [-0.4, -0.2) is 10.1 Å². The van der Waals surface area contributed by atoms with Gasteiger partial charge in [-0.2, -0.15) is 0 Å². The van der Waals surface area contributed by atoms with Gasteiger partial charge in [0, 0.05) is 10.9 Å². The van der Waals surface area contributed by atoms with Crippen LogP contribution in [0.1, 0.15) is 17.5 Å². The van der Waals surface area contributed by atoms with Crippen molar-refractivity contribution in [2.24, 2.45) is 0 Å². The summed E-state index contributed by atoms with van der Waals surface area (Å²) in [5.74, 6) is 0. The fourth-order valence-corrected chi connectivity index (χ4v) is 2.84. The highest BCUT2D eigenvalue weighted by Crippen LogP contribution is 2.33. The quantitative estimate of drug-likeness (QED) is 0.790. The van der Waals surface area contributed by atoms with Gasteiger partial charge in [-0.1, -0.05) is 30.3 Å². The molecule has 0 saturated carbocycles. The molecule has 3 nitrogen and oxygen atoms in total. The molecule has 4 heteroatoms. The number of rotatable bonds is 3. The minimum absolute atomic E-state index is 0.676. The predicted molar refractivity (Wildman–Crippen MR) is 74.9 cm³/mol. The number of nitrogens with zero attached hydrogens (tertiary/aromatic N) is 1. The first-order valence-electron chi connectivity index (χ1n) is 5.94. The molecule has 0 spiro atoms. The van der Waals surface area contributed by atoms with Gasteiger partial charge in [-0.05, 0) is 18.6 Å². The molecule has 1 unspecified atom stereocenters. The van der Waals surface area contributed by atoms with Gasteiger partial charge in [0.1, 0.15) is 10.6 Å². The molecule has 0 radical (unpaired) electrons. The van der Waals surface area contributed by atoms with Crippen LogP contribution in [0.15, 0.2) is 58.7 Å². The molecule has 3 aromatic rings. The van der Waals surface area contributed by atoms with Crippen molar-refractivity contribution in [3.63, 3.8) is 0 Å². The molecule has 2 heterocycles. The second-order valence-electron chi connectivity index (χ2n) is 4.49. The van der Waals surface area contributed by atoms with E-state index >= 15 is 0 Å². The van der Waals surface area contributed by atoms with Crippen LogP contribution < -0.4 is 0 Å². The average molecular weight is 271 g/mol. The number of aromatic nitrogens is 1. The Bertz CT molecular complexity index is 657. The van der Waals surface area contributed by atoms with Crippen LogP contribution in [0.25, 0.3) is 11.3 Å². The van der Waals surface area contributed by atoms with E-state index in [1.54, 1.807) is 19.5 Å². The summed E-state index contributed by atoms with van der Waals surface area (Å²) in [4.78, 5) is 4.51. The summed E-state index contributed by atoms with van der Waals surface area (Å²) >= 11 is 1.45. The molecule has 0 aliphatic heterocycles. The van der Waals surface area contributed by atoms with Crippen LogP contribution in [0.5, 0.6) is 0 Å². The van der Waals surface area contributed by atoms with E-state index in [1.165, 1.54) is 11.3 Å². The molecule has 0 bridgehead atoms. The highest BCUT2D eigenvalue weighted by atomic mass is 32.1. The first kappa shape index (κ1) is 12.1. The fraction of sp³-hybridized carbons (Fsp3) is 0.133. The first-order chi connectivity index (χ1) is 9.18. The van der Waals surface area contributed by atoms with E-state index in [0.717, 1.165) is 16.8 Å². The van der Waals surface area contributed by atoms with Crippen molar-refractivity contribution < 1.29 is 9.52 Å². The maximum atomic E-state index is 10.7. The van der Waals surface area contributed by atoms with E-state index in [1.807, 2.05) is 41.8 Å². The Kier molecular flexibility index (Phi) is 2.97. The molecule has 1 aromatic carbocycles. The van der Waals surface area contributed by atoms with Gasteiger partial charge in [0.05, 0.1) is 18.2 Å². The van der Waals surface area contributed by atoms with Crippen molar-refractivity contribution >= 4 is 11.3 Å². The minimum Gasteiger partial charge on any atom is -0.472 e. The summed E-state index contributed by atoms with van der Waals surface area (Å²) in [6.07, 6.45) is 3.26. The summed E-state index contributed by atoms with van der Waals surface area (Å²) in [7, 11) is 0. The van der Waals surface area contributed by atoms with Gasteiger partial charge >= 0.3 is 0 Å².